The van der Waals surface area contributed by atoms with Crippen LogP contribution in [0.2, 0.25) is 0 Å². The summed E-state index contributed by atoms with van der Waals surface area (Å²) in [5, 5.41) is 11.7. The molecule has 2 aromatic rings. The molecule has 0 amide bonds. The molecule has 0 atom stereocenters. The van der Waals surface area contributed by atoms with E-state index < -0.39 is 23.4 Å². The number of rotatable bonds is 4. The number of halogens is 4. The number of alkyl halides is 3. The third kappa shape index (κ3) is 4.21. The van der Waals surface area contributed by atoms with Gasteiger partial charge in [0.1, 0.15) is 5.82 Å². The Balaban J connectivity index is 2.24. The van der Waals surface area contributed by atoms with Gasteiger partial charge >= 0.3 is 6.18 Å². The van der Waals surface area contributed by atoms with E-state index >= 15 is 0 Å². The number of benzene rings is 1. The molecule has 0 aliphatic heterocycles. The minimum absolute atomic E-state index is 0.00534. The largest absolute Gasteiger partial charge is 0.505 e. The molecule has 2 N–H and O–H groups in total. The zero-order chi connectivity index (χ0) is 17.2. The number of aromatic nitrogens is 2. The Morgan fingerprint density at radius 1 is 1.17 bits per heavy atom. The van der Waals surface area contributed by atoms with E-state index in [1.165, 1.54) is 11.0 Å². The minimum atomic E-state index is -4.60. The van der Waals surface area contributed by atoms with Crippen LogP contribution in [0.5, 0.6) is 5.75 Å². The fourth-order valence-corrected chi connectivity index (χ4v) is 1.73. The number of hydrogen-bond acceptors (Lipinski definition) is 5. The highest BCUT2D eigenvalue weighted by Gasteiger charge is 2.34. The molecule has 1 heterocycles. The number of hydrogen-bond donors (Lipinski definition) is 2. The third-order valence-electron chi connectivity index (χ3n) is 2.92. The number of phenolic OH excluding ortho intramolecular Hbond substituents is 1. The van der Waals surface area contributed by atoms with Crippen molar-refractivity contribution >= 4 is 11.8 Å². The summed E-state index contributed by atoms with van der Waals surface area (Å²) in [4.78, 5) is 8.81. The van der Waals surface area contributed by atoms with E-state index in [1.807, 2.05) is 0 Å². The third-order valence-corrected chi connectivity index (χ3v) is 2.92. The second-order valence-electron chi connectivity index (χ2n) is 4.97. The van der Waals surface area contributed by atoms with Gasteiger partial charge in [0, 0.05) is 26.7 Å². The smallest absolute Gasteiger partial charge is 0.433 e. The van der Waals surface area contributed by atoms with Gasteiger partial charge in [0.15, 0.2) is 17.3 Å². The monoisotopic (exact) mass is 330 g/mol. The predicted molar refractivity (Wildman–Crippen MR) is 76.8 cm³/mol. The first kappa shape index (κ1) is 16.8. The van der Waals surface area contributed by atoms with Crippen LogP contribution in [0.4, 0.5) is 29.3 Å². The zero-order valence-corrected chi connectivity index (χ0v) is 12.3. The Kier molecular flexibility index (Phi) is 4.57. The summed E-state index contributed by atoms with van der Waals surface area (Å²) in [7, 11) is 3.11. The fraction of sp³-hybridized carbons (Fsp3) is 0.286. The first-order valence-corrected chi connectivity index (χ1v) is 6.51. The van der Waals surface area contributed by atoms with Crippen LogP contribution in [0, 0.1) is 5.82 Å². The molecule has 23 heavy (non-hydrogen) atoms. The van der Waals surface area contributed by atoms with Gasteiger partial charge in [0.25, 0.3) is 0 Å². The van der Waals surface area contributed by atoms with Crippen molar-refractivity contribution in [2.75, 3.05) is 24.3 Å². The Morgan fingerprint density at radius 3 is 2.43 bits per heavy atom. The highest BCUT2D eigenvalue weighted by molar-refractivity contribution is 5.44. The molecule has 1 aromatic carbocycles. The van der Waals surface area contributed by atoms with Crippen LogP contribution in [-0.4, -0.2) is 29.2 Å². The molecule has 5 nitrogen and oxygen atoms in total. The van der Waals surface area contributed by atoms with Crippen molar-refractivity contribution in [1.29, 1.82) is 0 Å². The lowest BCUT2D eigenvalue weighted by Gasteiger charge is -2.16. The van der Waals surface area contributed by atoms with Gasteiger partial charge in [-0.2, -0.15) is 18.2 Å². The van der Waals surface area contributed by atoms with Crippen LogP contribution in [0.25, 0.3) is 0 Å². The molecule has 0 radical (unpaired) electrons. The molecule has 0 aliphatic carbocycles. The van der Waals surface area contributed by atoms with E-state index in [1.54, 1.807) is 14.1 Å². The highest BCUT2D eigenvalue weighted by atomic mass is 19.4. The molecule has 0 bridgehead atoms. The first-order chi connectivity index (χ1) is 10.7. The molecule has 0 spiro atoms. The highest BCUT2D eigenvalue weighted by Crippen LogP contribution is 2.30. The van der Waals surface area contributed by atoms with Crippen LogP contribution in [0.3, 0.4) is 0 Å². The summed E-state index contributed by atoms with van der Waals surface area (Å²) in [6.07, 6.45) is -4.60. The molecule has 9 heteroatoms. The van der Waals surface area contributed by atoms with Crippen LogP contribution >= 0.6 is 0 Å². The summed E-state index contributed by atoms with van der Waals surface area (Å²) < 4.78 is 51.8. The van der Waals surface area contributed by atoms with Crippen molar-refractivity contribution in [2.45, 2.75) is 12.7 Å². The van der Waals surface area contributed by atoms with Gasteiger partial charge in [-0.1, -0.05) is 6.07 Å². The van der Waals surface area contributed by atoms with Crippen LogP contribution in [0.1, 0.15) is 11.3 Å². The van der Waals surface area contributed by atoms with E-state index in [9.17, 15) is 17.6 Å². The molecule has 0 aliphatic rings. The standard InChI is InChI=1S/C14H14F4N4O/c1-22(2)12-6-11(14(16,17)18)20-13(21-12)19-7-8-3-4-10(23)9(15)5-8/h3-6,23H,7H2,1-2H3,(H,19,20,21). The van der Waals surface area contributed by atoms with Crippen molar-refractivity contribution in [3.63, 3.8) is 0 Å². The first-order valence-electron chi connectivity index (χ1n) is 6.51. The fourth-order valence-electron chi connectivity index (χ4n) is 1.73. The van der Waals surface area contributed by atoms with Gasteiger partial charge in [-0.15, -0.1) is 0 Å². The molecule has 0 unspecified atom stereocenters. The Labute approximate surface area is 129 Å². The van der Waals surface area contributed by atoms with Gasteiger partial charge in [-0.25, -0.2) is 9.37 Å². The minimum Gasteiger partial charge on any atom is -0.505 e. The van der Waals surface area contributed by atoms with E-state index in [2.05, 4.69) is 15.3 Å². The van der Waals surface area contributed by atoms with Gasteiger partial charge in [-0.05, 0) is 17.7 Å². The second-order valence-corrected chi connectivity index (χ2v) is 4.97. The van der Waals surface area contributed by atoms with Crippen molar-refractivity contribution < 1.29 is 22.7 Å². The predicted octanol–water partition coefficient (Wildman–Crippen LogP) is 3.02. The Hall–Kier alpha value is -2.58. The number of phenols is 1. The van der Waals surface area contributed by atoms with Gasteiger partial charge in [0.05, 0.1) is 0 Å². The van der Waals surface area contributed by atoms with Gasteiger partial charge in [0.2, 0.25) is 5.95 Å². The number of nitrogens with one attached hydrogen (secondary N) is 1. The molecule has 0 saturated carbocycles. The average molecular weight is 330 g/mol. The summed E-state index contributed by atoms with van der Waals surface area (Å²) >= 11 is 0. The molecule has 0 fully saturated rings. The number of nitrogens with zero attached hydrogens (tertiary/aromatic N) is 3. The van der Waals surface area contributed by atoms with E-state index in [-0.39, 0.29) is 18.3 Å². The summed E-state index contributed by atoms with van der Waals surface area (Å²) in [6.45, 7) is 0.00534. The lowest BCUT2D eigenvalue weighted by molar-refractivity contribution is -0.141. The summed E-state index contributed by atoms with van der Waals surface area (Å²) in [5.74, 6) is -1.45. The average Bonchev–Trinajstić information content (AvgIpc) is 2.47. The van der Waals surface area contributed by atoms with E-state index in [0.717, 1.165) is 18.2 Å². The van der Waals surface area contributed by atoms with Crippen molar-refractivity contribution in [3.05, 3.63) is 41.3 Å². The second kappa shape index (κ2) is 6.27. The maximum Gasteiger partial charge on any atom is 0.433 e. The van der Waals surface area contributed by atoms with Gasteiger partial charge in [-0.3, -0.25) is 0 Å². The molecule has 124 valence electrons. The number of aromatic hydroxyl groups is 1. The van der Waals surface area contributed by atoms with Crippen LogP contribution < -0.4 is 10.2 Å². The van der Waals surface area contributed by atoms with Crippen molar-refractivity contribution in [1.82, 2.24) is 9.97 Å². The van der Waals surface area contributed by atoms with Crippen molar-refractivity contribution in [3.8, 4) is 5.75 Å². The lowest BCUT2D eigenvalue weighted by atomic mass is 10.2. The summed E-state index contributed by atoms with van der Waals surface area (Å²) in [6, 6.07) is 4.50. The summed E-state index contributed by atoms with van der Waals surface area (Å²) in [5.41, 5.74) is -0.650. The van der Waals surface area contributed by atoms with Crippen LogP contribution in [-0.2, 0) is 12.7 Å². The quantitative estimate of drug-likeness (QED) is 0.844. The molecule has 2 rings (SSSR count). The van der Waals surface area contributed by atoms with Gasteiger partial charge < -0.3 is 15.3 Å². The molecule has 0 saturated heterocycles. The normalized spacial score (nSPS) is 11.4. The van der Waals surface area contributed by atoms with Crippen LogP contribution in [0.15, 0.2) is 24.3 Å². The Morgan fingerprint density at radius 2 is 1.87 bits per heavy atom. The van der Waals surface area contributed by atoms with E-state index in [4.69, 9.17) is 5.11 Å². The number of anilines is 2. The Bertz CT molecular complexity index is 704. The lowest BCUT2D eigenvalue weighted by Crippen LogP contribution is -2.17. The maximum atomic E-state index is 13.2. The topological polar surface area (TPSA) is 61.3 Å². The van der Waals surface area contributed by atoms with E-state index in [0.29, 0.717) is 5.56 Å². The SMILES string of the molecule is CN(C)c1cc(C(F)(F)F)nc(NCc2ccc(O)c(F)c2)n1. The molecule has 1 aromatic heterocycles. The molecular weight excluding hydrogens is 316 g/mol. The maximum absolute atomic E-state index is 13.2. The molecular formula is C14H14F4N4O. The zero-order valence-electron chi connectivity index (χ0n) is 12.3. The van der Waals surface area contributed by atoms with Crippen molar-refractivity contribution in [2.24, 2.45) is 0 Å².